The average Bonchev–Trinajstić information content (AvgIpc) is 2.28. The lowest BCUT2D eigenvalue weighted by molar-refractivity contribution is 0.0986. The average molecular weight is 226 g/mol. The zero-order valence-electron chi connectivity index (χ0n) is 8.95. The minimum Gasteiger partial charge on any atom is -0.497 e. The molecule has 1 unspecified atom stereocenters. The SMILES string of the molecule is COc1ccc(C(=O)CCP)c(OC)c1. The molecule has 1 rings (SSSR count). The highest BCUT2D eigenvalue weighted by molar-refractivity contribution is 7.16. The Morgan fingerprint density at radius 2 is 2.07 bits per heavy atom. The number of carbonyl (C=O) groups excluding carboxylic acids is 1. The van der Waals surface area contributed by atoms with Crippen LogP contribution in [0.4, 0.5) is 0 Å². The highest BCUT2D eigenvalue weighted by Gasteiger charge is 2.11. The number of ether oxygens (including phenoxy) is 2. The summed E-state index contributed by atoms with van der Waals surface area (Å²) in [4.78, 5) is 11.7. The maximum atomic E-state index is 11.7. The van der Waals surface area contributed by atoms with E-state index in [-0.39, 0.29) is 5.78 Å². The van der Waals surface area contributed by atoms with Gasteiger partial charge in [-0.1, -0.05) is 0 Å². The summed E-state index contributed by atoms with van der Waals surface area (Å²) in [6, 6.07) is 5.22. The van der Waals surface area contributed by atoms with E-state index >= 15 is 0 Å². The molecule has 15 heavy (non-hydrogen) atoms. The minimum absolute atomic E-state index is 0.0875. The summed E-state index contributed by atoms with van der Waals surface area (Å²) < 4.78 is 10.2. The van der Waals surface area contributed by atoms with Gasteiger partial charge in [0, 0.05) is 12.5 Å². The van der Waals surface area contributed by atoms with Crippen molar-refractivity contribution in [2.45, 2.75) is 6.42 Å². The molecule has 4 heteroatoms. The molecule has 0 saturated heterocycles. The molecule has 0 aromatic heterocycles. The summed E-state index contributed by atoms with van der Waals surface area (Å²) in [6.07, 6.45) is 1.27. The van der Waals surface area contributed by atoms with Gasteiger partial charge in [0.15, 0.2) is 5.78 Å². The third-order valence-electron chi connectivity index (χ3n) is 2.08. The number of benzene rings is 1. The second-order valence-corrected chi connectivity index (χ2v) is 3.61. The van der Waals surface area contributed by atoms with Crippen molar-refractivity contribution in [3.63, 3.8) is 0 Å². The molecule has 1 aromatic rings. The standard InChI is InChI=1S/C11H15O3P/c1-13-8-3-4-9(10(12)5-6-15)11(7-8)14-2/h3-4,7H,5-6,15H2,1-2H3. The molecule has 0 amide bonds. The van der Waals surface area contributed by atoms with Crippen molar-refractivity contribution in [2.75, 3.05) is 20.4 Å². The first-order valence-electron chi connectivity index (χ1n) is 4.68. The smallest absolute Gasteiger partial charge is 0.166 e. The van der Waals surface area contributed by atoms with Crippen LogP contribution in [-0.4, -0.2) is 26.2 Å². The van der Waals surface area contributed by atoms with Gasteiger partial charge in [0.2, 0.25) is 0 Å². The normalized spacial score (nSPS) is 9.80. The van der Waals surface area contributed by atoms with Crippen LogP contribution in [0, 0.1) is 0 Å². The summed E-state index contributed by atoms with van der Waals surface area (Å²) >= 11 is 0. The zero-order valence-corrected chi connectivity index (χ0v) is 10.1. The minimum atomic E-state index is 0.0875. The molecule has 0 aliphatic carbocycles. The third kappa shape index (κ3) is 2.93. The van der Waals surface area contributed by atoms with Crippen molar-refractivity contribution >= 4 is 15.0 Å². The van der Waals surface area contributed by atoms with E-state index in [0.717, 1.165) is 6.16 Å². The lowest BCUT2D eigenvalue weighted by Crippen LogP contribution is -2.02. The summed E-state index contributed by atoms with van der Waals surface area (Å²) in [6.45, 7) is 0. The van der Waals surface area contributed by atoms with Crippen molar-refractivity contribution in [1.29, 1.82) is 0 Å². The molecule has 1 aromatic carbocycles. The highest BCUT2D eigenvalue weighted by atomic mass is 31.0. The Morgan fingerprint density at radius 3 is 2.60 bits per heavy atom. The van der Waals surface area contributed by atoms with Crippen molar-refractivity contribution < 1.29 is 14.3 Å². The van der Waals surface area contributed by atoms with Gasteiger partial charge in [-0.2, -0.15) is 0 Å². The van der Waals surface area contributed by atoms with Gasteiger partial charge in [0.05, 0.1) is 19.8 Å². The van der Waals surface area contributed by atoms with Crippen LogP contribution < -0.4 is 9.47 Å². The van der Waals surface area contributed by atoms with Crippen molar-refractivity contribution in [3.8, 4) is 11.5 Å². The quantitative estimate of drug-likeness (QED) is 0.570. The van der Waals surface area contributed by atoms with E-state index in [1.54, 1.807) is 32.4 Å². The zero-order chi connectivity index (χ0) is 11.3. The Bertz CT molecular complexity index is 350. The van der Waals surface area contributed by atoms with E-state index in [1.165, 1.54) is 0 Å². The number of hydrogen-bond donors (Lipinski definition) is 0. The number of ketones is 1. The van der Waals surface area contributed by atoms with E-state index in [2.05, 4.69) is 9.24 Å². The topological polar surface area (TPSA) is 35.5 Å². The summed E-state index contributed by atoms with van der Waals surface area (Å²) in [7, 11) is 5.67. The molecule has 0 heterocycles. The van der Waals surface area contributed by atoms with Gasteiger partial charge in [-0.15, -0.1) is 9.24 Å². The molecule has 0 radical (unpaired) electrons. The molecular formula is C11H15O3P. The summed E-state index contributed by atoms with van der Waals surface area (Å²) in [5.41, 5.74) is 0.612. The molecule has 0 N–H and O–H groups in total. The van der Waals surface area contributed by atoms with Crippen LogP contribution >= 0.6 is 9.24 Å². The van der Waals surface area contributed by atoms with E-state index in [0.29, 0.717) is 23.5 Å². The molecule has 1 atom stereocenters. The first kappa shape index (κ1) is 12.0. The van der Waals surface area contributed by atoms with Crippen LogP contribution in [0.2, 0.25) is 0 Å². The fraction of sp³-hybridized carbons (Fsp3) is 0.364. The molecule has 3 nitrogen and oxygen atoms in total. The second kappa shape index (κ2) is 5.72. The van der Waals surface area contributed by atoms with Crippen molar-refractivity contribution in [3.05, 3.63) is 23.8 Å². The number of hydrogen-bond acceptors (Lipinski definition) is 3. The number of rotatable bonds is 5. The van der Waals surface area contributed by atoms with Crippen LogP contribution in [0.5, 0.6) is 11.5 Å². The Labute approximate surface area is 92.0 Å². The predicted octanol–water partition coefficient (Wildman–Crippen LogP) is 2.15. The largest absolute Gasteiger partial charge is 0.497 e. The van der Waals surface area contributed by atoms with Gasteiger partial charge in [-0.3, -0.25) is 4.79 Å². The molecule has 0 aliphatic rings. The molecule has 0 spiro atoms. The van der Waals surface area contributed by atoms with Crippen LogP contribution in [0.3, 0.4) is 0 Å². The van der Waals surface area contributed by atoms with E-state index in [1.807, 2.05) is 0 Å². The monoisotopic (exact) mass is 226 g/mol. The number of carbonyl (C=O) groups is 1. The molecule has 0 bridgehead atoms. The molecule has 0 fully saturated rings. The summed E-state index contributed by atoms with van der Waals surface area (Å²) in [5, 5.41) is 0. The van der Waals surface area contributed by atoms with Crippen LogP contribution in [-0.2, 0) is 0 Å². The summed E-state index contributed by atoms with van der Waals surface area (Å²) in [5.74, 6) is 1.34. The van der Waals surface area contributed by atoms with Crippen molar-refractivity contribution in [2.24, 2.45) is 0 Å². The van der Waals surface area contributed by atoms with Gasteiger partial charge < -0.3 is 9.47 Å². The fourth-order valence-corrected chi connectivity index (χ4v) is 1.56. The molecule has 0 saturated carbocycles. The van der Waals surface area contributed by atoms with Gasteiger partial charge in [-0.05, 0) is 18.3 Å². The van der Waals surface area contributed by atoms with Crippen molar-refractivity contribution in [1.82, 2.24) is 0 Å². The lowest BCUT2D eigenvalue weighted by atomic mass is 10.1. The van der Waals surface area contributed by atoms with Gasteiger partial charge >= 0.3 is 0 Å². The third-order valence-corrected chi connectivity index (χ3v) is 2.37. The molecular weight excluding hydrogens is 211 g/mol. The Morgan fingerprint density at radius 1 is 1.33 bits per heavy atom. The Balaban J connectivity index is 3.02. The van der Waals surface area contributed by atoms with Crippen LogP contribution in [0.1, 0.15) is 16.8 Å². The fourth-order valence-electron chi connectivity index (χ4n) is 1.29. The molecule has 82 valence electrons. The second-order valence-electron chi connectivity index (χ2n) is 3.03. The van der Waals surface area contributed by atoms with Gasteiger partial charge in [0.1, 0.15) is 11.5 Å². The van der Waals surface area contributed by atoms with Gasteiger partial charge in [0.25, 0.3) is 0 Å². The van der Waals surface area contributed by atoms with Crippen LogP contribution in [0.25, 0.3) is 0 Å². The maximum absolute atomic E-state index is 11.7. The first-order chi connectivity index (χ1) is 7.22. The Hall–Kier alpha value is -1.08. The molecule has 0 aliphatic heterocycles. The lowest BCUT2D eigenvalue weighted by Gasteiger charge is -2.08. The van der Waals surface area contributed by atoms with E-state index in [9.17, 15) is 4.79 Å². The first-order valence-corrected chi connectivity index (χ1v) is 5.50. The number of Topliss-reactive ketones (excluding diaryl/α,β-unsaturated/α-hetero) is 1. The van der Waals surface area contributed by atoms with E-state index < -0.39 is 0 Å². The predicted molar refractivity (Wildman–Crippen MR) is 63.1 cm³/mol. The van der Waals surface area contributed by atoms with E-state index in [4.69, 9.17) is 9.47 Å². The van der Waals surface area contributed by atoms with Crippen LogP contribution in [0.15, 0.2) is 18.2 Å². The highest BCUT2D eigenvalue weighted by Crippen LogP contribution is 2.25. The number of methoxy groups -OCH3 is 2. The van der Waals surface area contributed by atoms with Gasteiger partial charge in [-0.25, -0.2) is 0 Å². The Kier molecular flexibility index (Phi) is 4.57. The maximum Gasteiger partial charge on any atom is 0.166 e.